The van der Waals surface area contributed by atoms with Gasteiger partial charge in [0, 0.05) is 27.4 Å². The molecule has 0 atom stereocenters. The van der Waals surface area contributed by atoms with Crippen LogP contribution in [0.3, 0.4) is 0 Å². The minimum Gasteiger partial charge on any atom is -0.298 e. The Kier molecular flexibility index (Phi) is 3.72. The molecule has 0 aliphatic heterocycles. The number of aromatic nitrogens is 1. The normalized spacial score (nSPS) is 11.5. The van der Waals surface area contributed by atoms with Crippen molar-refractivity contribution in [1.29, 1.82) is 0 Å². The zero-order chi connectivity index (χ0) is 13.2. The van der Waals surface area contributed by atoms with E-state index in [2.05, 4.69) is 4.98 Å². The SMILES string of the molecule is O=Cc1cscc1Sc1ccc(C(F)(F)F)cn1. The van der Waals surface area contributed by atoms with Crippen molar-refractivity contribution in [3.05, 3.63) is 40.2 Å². The van der Waals surface area contributed by atoms with E-state index in [1.54, 1.807) is 10.8 Å². The van der Waals surface area contributed by atoms with Crippen molar-refractivity contribution in [2.75, 3.05) is 0 Å². The second-order valence-electron chi connectivity index (χ2n) is 3.29. The molecule has 0 aliphatic carbocycles. The van der Waals surface area contributed by atoms with Gasteiger partial charge < -0.3 is 0 Å². The van der Waals surface area contributed by atoms with Gasteiger partial charge in [-0.1, -0.05) is 11.8 Å². The quantitative estimate of drug-likeness (QED) is 0.796. The number of hydrogen-bond acceptors (Lipinski definition) is 4. The average molecular weight is 289 g/mol. The maximum absolute atomic E-state index is 12.3. The first-order chi connectivity index (χ1) is 8.50. The number of halogens is 3. The molecule has 0 amide bonds. The van der Waals surface area contributed by atoms with Crippen LogP contribution in [-0.2, 0) is 6.18 Å². The van der Waals surface area contributed by atoms with Crippen LogP contribution in [0, 0.1) is 0 Å². The third-order valence-corrected chi connectivity index (χ3v) is 3.99. The summed E-state index contributed by atoms with van der Waals surface area (Å²) in [6.07, 6.45) is -2.88. The molecule has 0 unspecified atom stereocenters. The third kappa shape index (κ3) is 2.91. The highest BCUT2D eigenvalue weighted by Gasteiger charge is 2.30. The van der Waals surface area contributed by atoms with E-state index < -0.39 is 11.7 Å². The van der Waals surface area contributed by atoms with Crippen LogP contribution in [0.5, 0.6) is 0 Å². The highest BCUT2D eigenvalue weighted by atomic mass is 32.2. The molecule has 2 nitrogen and oxygen atoms in total. The predicted molar refractivity (Wildman–Crippen MR) is 63.1 cm³/mol. The summed E-state index contributed by atoms with van der Waals surface area (Å²) in [4.78, 5) is 15.1. The number of rotatable bonds is 3. The van der Waals surface area contributed by atoms with Crippen molar-refractivity contribution in [3.8, 4) is 0 Å². The first-order valence-electron chi connectivity index (χ1n) is 4.73. The van der Waals surface area contributed by atoms with Crippen molar-refractivity contribution in [2.24, 2.45) is 0 Å². The van der Waals surface area contributed by atoms with Crippen molar-refractivity contribution in [1.82, 2.24) is 4.98 Å². The van der Waals surface area contributed by atoms with Gasteiger partial charge in [0.15, 0.2) is 6.29 Å². The van der Waals surface area contributed by atoms with E-state index in [-0.39, 0.29) is 0 Å². The fourth-order valence-electron chi connectivity index (χ4n) is 1.19. The Hall–Kier alpha value is -1.34. The monoisotopic (exact) mass is 289 g/mol. The summed E-state index contributed by atoms with van der Waals surface area (Å²) in [6.45, 7) is 0. The van der Waals surface area contributed by atoms with Gasteiger partial charge in [-0.15, -0.1) is 0 Å². The number of pyridine rings is 1. The predicted octanol–water partition coefficient (Wildman–Crippen LogP) is 4.13. The molecule has 2 aromatic rings. The Labute approximate surface area is 109 Å². The molecule has 0 fully saturated rings. The smallest absolute Gasteiger partial charge is 0.298 e. The lowest BCUT2D eigenvalue weighted by atomic mass is 10.3. The molecule has 0 bridgehead atoms. The lowest BCUT2D eigenvalue weighted by molar-refractivity contribution is -0.137. The van der Waals surface area contributed by atoms with Gasteiger partial charge in [-0.05, 0) is 12.1 Å². The minimum atomic E-state index is -4.38. The molecule has 0 saturated heterocycles. The van der Waals surface area contributed by atoms with Crippen LogP contribution >= 0.6 is 23.1 Å². The van der Waals surface area contributed by atoms with Crippen LogP contribution in [0.2, 0.25) is 0 Å². The van der Waals surface area contributed by atoms with Crippen molar-refractivity contribution in [2.45, 2.75) is 16.1 Å². The Balaban J connectivity index is 2.19. The van der Waals surface area contributed by atoms with Gasteiger partial charge in [0.2, 0.25) is 0 Å². The molecule has 2 rings (SSSR count). The maximum Gasteiger partial charge on any atom is 0.417 e. The molecule has 94 valence electrons. The number of carbonyl (C=O) groups excluding carboxylic acids is 1. The highest BCUT2D eigenvalue weighted by Crippen LogP contribution is 2.33. The number of hydrogen-bond donors (Lipinski definition) is 0. The van der Waals surface area contributed by atoms with Gasteiger partial charge in [0.05, 0.1) is 5.56 Å². The number of nitrogens with zero attached hydrogens (tertiary/aromatic N) is 1. The van der Waals surface area contributed by atoms with E-state index >= 15 is 0 Å². The van der Waals surface area contributed by atoms with Gasteiger partial charge in [-0.25, -0.2) is 4.98 Å². The molecule has 2 heterocycles. The zero-order valence-electron chi connectivity index (χ0n) is 8.77. The third-order valence-electron chi connectivity index (χ3n) is 2.06. The summed E-state index contributed by atoms with van der Waals surface area (Å²) >= 11 is 2.52. The molecule has 0 saturated carbocycles. The van der Waals surface area contributed by atoms with Crippen LogP contribution in [0.15, 0.2) is 39.0 Å². The Morgan fingerprint density at radius 3 is 2.61 bits per heavy atom. The van der Waals surface area contributed by atoms with Crippen molar-refractivity contribution >= 4 is 29.4 Å². The minimum absolute atomic E-state index is 0.421. The Morgan fingerprint density at radius 2 is 2.06 bits per heavy atom. The highest BCUT2D eigenvalue weighted by molar-refractivity contribution is 7.99. The lowest BCUT2D eigenvalue weighted by Crippen LogP contribution is -2.04. The number of alkyl halides is 3. The molecule has 0 radical (unpaired) electrons. The summed E-state index contributed by atoms with van der Waals surface area (Å²) in [5.74, 6) is 0. The fraction of sp³-hybridized carbons (Fsp3) is 0.0909. The van der Waals surface area contributed by atoms with E-state index in [1.165, 1.54) is 29.2 Å². The molecule has 18 heavy (non-hydrogen) atoms. The van der Waals surface area contributed by atoms with Gasteiger partial charge in [-0.3, -0.25) is 4.79 Å². The molecule has 7 heteroatoms. The fourth-order valence-corrected chi connectivity index (χ4v) is 2.97. The van der Waals surface area contributed by atoms with E-state index in [0.717, 1.165) is 12.3 Å². The molecule has 0 aromatic carbocycles. The molecular weight excluding hydrogens is 283 g/mol. The summed E-state index contributed by atoms with van der Waals surface area (Å²) in [7, 11) is 0. The van der Waals surface area contributed by atoms with E-state index in [4.69, 9.17) is 0 Å². The molecular formula is C11H6F3NOS2. The summed E-state index contributed by atoms with van der Waals surface area (Å²) in [5, 5.41) is 3.86. The molecule has 0 aliphatic rings. The van der Waals surface area contributed by atoms with Crippen LogP contribution < -0.4 is 0 Å². The zero-order valence-corrected chi connectivity index (χ0v) is 10.4. The van der Waals surface area contributed by atoms with Crippen molar-refractivity contribution in [3.63, 3.8) is 0 Å². The maximum atomic E-state index is 12.3. The second-order valence-corrected chi connectivity index (χ2v) is 5.10. The van der Waals surface area contributed by atoms with E-state index in [0.29, 0.717) is 21.8 Å². The van der Waals surface area contributed by atoms with E-state index in [9.17, 15) is 18.0 Å². The van der Waals surface area contributed by atoms with Gasteiger partial charge in [0.1, 0.15) is 5.03 Å². The van der Waals surface area contributed by atoms with Crippen LogP contribution in [-0.4, -0.2) is 11.3 Å². The summed E-state index contributed by atoms with van der Waals surface area (Å²) < 4.78 is 37.0. The number of aldehydes is 1. The average Bonchev–Trinajstić information content (AvgIpc) is 2.76. The first kappa shape index (κ1) is 13.1. The first-order valence-corrected chi connectivity index (χ1v) is 6.49. The van der Waals surface area contributed by atoms with E-state index in [1.807, 2.05) is 0 Å². The molecule has 0 spiro atoms. The Morgan fingerprint density at radius 1 is 1.28 bits per heavy atom. The summed E-state index contributed by atoms with van der Waals surface area (Å²) in [6, 6.07) is 2.27. The molecule has 0 N–H and O–H groups in total. The van der Waals surface area contributed by atoms with Gasteiger partial charge >= 0.3 is 6.18 Å². The lowest BCUT2D eigenvalue weighted by Gasteiger charge is -2.06. The topological polar surface area (TPSA) is 30.0 Å². The van der Waals surface area contributed by atoms with Crippen LogP contribution in [0.4, 0.5) is 13.2 Å². The van der Waals surface area contributed by atoms with Crippen LogP contribution in [0.25, 0.3) is 0 Å². The standard InChI is InChI=1S/C11H6F3NOS2/c12-11(13,14)8-1-2-10(15-3-8)18-9-6-17-5-7(9)4-16/h1-6H. The van der Waals surface area contributed by atoms with Gasteiger partial charge in [-0.2, -0.15) is 24.5 Å². The summed E-state index contributed by atoms with van der Waals surface area (Å²) in [5.41, 5.74) is -0.264. The van der Waals surface area contributed by atoms with Crippen molar-refractivity contribution < 1.29 is 18.0 Å². The van der Waals surface area contributed by atoms with Gasteiger partial charge in [0.25, 0.3) is 0 Å². The molecule has 2 aromatic heterocycles. The van der Waals surface area contributed by atoms with Crippen LogP contribution in [0.1, 0.15) is 15.9 Å². The number of carbonyl (C=O) groups is 1. The second kappa shape index (κ2) is 5.11. The largest absolute Gasteiger partial charge is 0.417 e. The number of thiophene rings is 1. The Bertz CT molecular complexity index is 548.